The summed E-state index contributed by atoms with van der Waals surface area (Å²) in [5.41, 5.74) is 0.332. The fourth-order valence-electron chi connectivity index (χ4n) is 2.88. The van der Waals surface area contributed by atoms with Crippen LogP contribution < -0.4 is 5.32 Å². The van der Waals surface area contributed by atoms with E-state index >= 15 is 0 Å². The van der Waals surface area contributed by atoms with Gasteiger partial charge in [0.25, 0.3) is 0 Å². The number of hydrogen-bond donors (Lipinski definition) is 1. The Bertz CT molecular complexity index is 321. The molecule has 4 nitrogen and oxygen atoms in total. The van der Waals surface area contributed by atoms with Gasteiger partial charge in [0.2, 0.25) is 0 Å². The molecule has 0 atom stereocenters. The summed E-state index contributed by atoms with van der Waals surface area (Å²) in [6, 6.07) is 0. The van der Waals surface area contributed by atoms with Crippen molar-refractivity contribution in [1.29, 1.82) is 0 Å². The maximum atomic E-state index is 11.2. The molecule has 18 heavy (non-hydrogen) atoms. The van der Waals surface area contributed by atoms with Crippen LogP contribution in [0.1, 0.15) is 38.5 Å². The molecule has 0 heterocycles. The van der Waals surface area contributed by atoms with E-state index in [4.69, 9.17) is 4.74 Å². The van der Waals surface area contributed by atoms with E-state index in [0.29, 0.717) is 11.2 Å². The number of nitrogens with one attached hydrogen (secondary N) is 1. The molecule has 0 spiro atoms. The maximum absolute atomic E-state index is 11.2. The number of rotatable bonds is 9. The Morgan fingerprint density at radius 3 is 2.50 bits per heavy atom. The van der Waals surface area contributed by atoms with Crippen LogP contribution in [0.2, 0.25) is 0 Å². The van der Waals surface area contributed by atoms with E-state index in [1.54, 1.807) is 7.11 Å². The van der Waals surface area contributed by atoms with Gasteiger partial charge in [-0.3, -0.25) is 0 Å². The molecule has 1 fully saturated rings. The second-order valence-corrected chi connectivity index (χ2v) is 7.87. The van der Waals surface area contributed by atoms with Crippen LogP contribution in [0.4, 0.5) is 0 Å². The highest BCUT2D eigenvalue weighted by Gasteiger charge is 2.32. The Hall–Kier alpha value is -0.130. The molecular weight excluding hydrogens is 250 g/mol. The Balaban J connectivity index is 2.33. The van der Waals surface area contributed by atoms with Crippen LogP contribution in [-0.2, 0) is 14.6 Å². The zero-order valence-corrected chi connectivity index (χ0v) is 12.5. The van der Waals surface area contributed by atoms with E-state index in [2.05, 4.69) is 5.32 Å². The van der Waals surface area contributed by atoms with Crippen LogP contribution >= 0.6 is 0 Å². The monoisotopic (exact) mass is 277 g/mol. The lowest BCUT2D eigenvalue weighted by molar-refractivity contribution is 0.187. The van der Waals surface area contributed by atoms with E-state index in [9.17, 15) is 8.42 Å². The van der Waals surface area contributed by atoms with Crippen molar-refractivity contribution in [2.75, 3.05) is 38.8 Å². The number of ether oxygens (including phenoxy) is 1. The van der Waals surface area contributed by atoms with E-state index < -0.39 is 9.84 Å². The van der Waals surface area contributed by atoms with Crippen molar-refractivity contribution >= 4 is 9.84 Å². The number of hydrogen-bond acceptors (Lipinski definition) is 4. The van der Waals surface area contributed by atoms with Crippen LogP contribution in [0.25, 0.3) is 0 Å². The first-order chi connectivity index (χ1) is 8.47. The van der Waals surface area contributed by atoms with E-state index in [1.807, 2.05) is 0 Å². The van der Waals surface area contributed by atoms with Crippen molar-refractivity contribution in [3.05, 3.63) is 0 Å². The Morgan fingerprint density at radius 2 is 1.94 bits per heavy atom. The number of methoxy groups -OCH3 is 1. The predicted molar refractivity (Wildman–Crippen MR) is 74.6 cm³/mol. The molecule has 1 N–H and O–H groups in total. The van der Waals surface area contributed by atoms with Crippen molar-refractivity contribution < 1.29 is 13.2 Å². The molecular formula is C13H27NO3S. The molecule has 1 saturated carbocycles. The summed E-state index contributed by atoms with van der Waals surface area (Å²) in [7, 11) is -1.10. The molecule has 1 aliphatic carbocycles. The fraction of sp³-hybridized carbons (Fsp3) is 1.00. The summed E-state index contributed by atoms with van der Waals surface area (Å²) in [6.07, 6.45) is 8.18. The van der Waals surface area contributed by atoms with Gasteiger partial charge in [0.1, 0.15) is 9.84 Å². The van der Waals surface area contributed by atoms with Crippen LogP contribution in [0.5, 0.6) is 0 Å². The van der Waals surface area contributed by atoms with Crippen molar-refractivity contribution in [3.63, 3.8) is 0 Å². The first-order valence-electron chi connectivity index (χ1n) is 6.85. The summed E-state index contributed by atoms with van der Waals surface area (Å²) < 4.78 is 27.4. The second kappa shape index (κ2) is 7.46. The standard InChI is InChI=1S/C13H27NO3S/c1-17-10-9-14-12-13(6-3-4-7-13)8-5-11-18(2,15)16/h14H,3-12H2,1-2H3. The quantitative estimate of drug-likeness (QED) is 0.651. The molecule has 0 aromatic carbocycles. The third-order valence-corrected chi connectivity index (χ3v) is 4.90. The van der Waals surface area contributed by atoms with Gasteiger partial charge in [0.05, 0.1) is 6.61 Å². The first-order valence-corrected chi connectivity index (χ1v) is 8.91. The van der Waals surface area contributed by atoms with Gasteiger partial charge in [-0.2, -0.15) is 0 Å². The van der Waals surface area contributed by atoms with Crippen LogP contribution in [0.3, 0.4) is 0 Å². The van der Waals surface area contributed by atoms with Gasteiger partial charge >= 0.3 is 0 Å². The molecule has 5 heteroatoms. The zero-order valence-electron chi connectivity index (χ0n) is 11.7. The highest BCUT2D eigenvalue weighted by atomic mass is 32.2. The Kier molecular flexibility index (Phi) is 6.60. The molecule has 1 aliphatic rings. The first kappa shape index (κ1) is 15.9. The lowest BCUT2D eigenvalue weighted by Gasteiger charge is -2.29. The average Bonchev–Trinajstić information content (AvgIpc) is 2.72. The Morgan fingerprint density at radius 1 is 1.28 bits per heavy atom. The van der Waals surface area contributed by atoms with Gasteiger partial charge < -0.3 is 10.1 Å². The van der Waals surface area contributed by atoms with Crippen molar-refractivity contribution in [2.45, 2.75) is 38.5 Å². The molecule has 0 unspecified atom stereocenters. The van der Waals surface area contributed by atoms with Gasteiger partial charge in [-0.05, 0) is 31.1 Å². The van der Waals surface area contributed by atoms with E-state index in [1.165, 1.54) is 31.9 Å². The van der Waals surface area contributed by atoms with Gasteiger partial charge in [-0.15, -0.1) is 0 Å². The molecule has 108 valence electrons. The maximum Gasteiger partial charge on any atom is 0.147 e. The third-order valence-electron chi connectivity index (χ3n) is 3.87. The number of sulfone groups is 1. The smallest absolute Gasteiger partial charge is 0.147 e. The molecule has 0 amide bonds. The minimum Gasteiger partial charge on any atom is -0.383 e. The normalized spacial score (nSPS) is 19.2. The Labute approximate surface area is 111 Å². The van der Waals surface area contributed by atoms with Crippen LogP contribution in [0.15, 0.2) is 0 Å². The van der Waals surface area contributed by atoms with Crippen molar-refractivity contribution in [2.24, 2.45) is 5.41 Å². The van der Waals surface area contributed by atoms with Gasteiger partial charge in [-0.1, -0.05) is 12.8 Å². The highest BCUT2D eigenvalue weighted by Crippen LogP contribution is 2.41. The van der Waals surface area contributed by atoms with Gasteiger partial charge in [0, 0.05) is 32.2 Å². The fourth-order valence-corrected chi connectivity index (χ4v) is 3.55. The average molecular weight is 277 g/mol. The van der Waals surface area contributed by atoms with Crippen LogP contribution in [0, 0.1) is 5.41 Å². The van der Waals surface area contributed by atoms with Crippen LogP contribution in [-0.4, -0.2) is 47.2 Å². The summed E-state index contributed by atoms with van der Waals surface area (Å²) in [5.74, 6) is 0.326. The molecule has 0 saturated heterocycles. The summed E-state index contributed by atoms with van der Waals surface area (Å²) >= 11 is 0. The minimum absolute atomic E-state index is 0.326. The third kappa shape index (κ3) is 6.16. The van der Waals surface area contributed by atoms with E-state index in [0.717, 1.165) is 32.5 Å². The minimum atomic E-state index is -2.81. The molecule has 0 aromatic heterocycles. The van der Waals surface area contributed by atoms with Gasteiger partial charge in [0.15, 0.2) is 0 Å². The molecule has 0 radical (unpaired) electrons. The van der Waals surface area contributed by atoms with Crippen molar-refractivity contribution in [3.8, 4) is 0 Å². The molecule has 0 aromatic rings. The lowest BCUT2D eigenvalue weighted by Crippen LogP contribution is -2.34. The second-order valence-electron chi connectivity index (χ2n) is 5.61. The van der Waals surface area contributed by atoms with Crippen molar-refractivity contribution in [1.82, 2.24) is 5.32 Å². The SMILES string of the molecule is COCCNCC1(CCCS(C)(=O)=O)CCCC1. The largest absolute Gasteiger partial charge is 0.383 e. The van der Waals surface area contributed by atoms with E-state index in [-0.39, 0.29) is 0 Å². The molecule has 0 bridgehead atoms. The topological polar surface area (TPSA) is 55.4 Å². The van der Waals surface area contributed by atoms with Gasteiger partial charge in [-0.25, -0.2) is 8.42 Å². The molecule has 0 aliphatic heterocycles. The summed E-state index contributed by atoms with van der Waals surface area (Å²) in [5, 5.41) is 3.44. The zero-order chi connectivity index (χ0) is 13.5. The highest BCUT2D eigenvalue weighted by molar-refractivity contribution is 7.90. The predicted octanol–water partition coefficient (Wildman–Crippen LogP) is 1.61. The molecule has 1 rings (SSSR count). The lowest BCUT2D eigenvalue weighted by atomic mass is 9.81. The summed E-state index contributed by atoms with van der Waals surface area (Å²) in [6.45, 7) is 2.61. The summed E-state index contributed by atoms with van der Waals surface area (Å²) in [4.78, 5) is 0.